The summed E-state index contributed by atoms with van der Waals surface area (Å²) in [6, 6.07) is -0.362. The minimum atomic E-state index is -4.88. The zero-order chi connectivity index (χ0) is 33.2. The molecule has 0 spiro atoms. The fraction of sp³-hybridized carbons (Fsp3) is 0.594. The fourth-order valence-electron chi connectivity index (χ4n) is 8.14. The number of carbonyl (C=O) groups is 3. The highest BCUT2D eigenvalue weighted by Crippen LogP contribution is 2.54. The summed E-state index contributed by atoms with van der Waals surface area (Å²) in [7, 11) is 2.90. The number of aliphatic hydroxyl groups excluding tert-OH is 2. The number of phenols is 1. The SMILES string of the molecule is CCN(Cc1cc(O)c2c(c1C(F)(F)F)C[C@H]1C[C@H]3[C@H](N(C)C)C(=O)C(C(N)=O)=C(O)[C@@]3(O)C(=O)C1=C2O)CC1CCCCC1. The number of primary amides is 1. The van der Waals surface area contributed by atoms with Gasteiger partial charge in [-0.3, -0.25) is 24.2 Å². The van der Waals surface area contributed by atoms with Crippen LogP contribution in [0.1, 0.15) is 67.7 Å². The number of hydrogen-bond donors (Lipinski definition) is 5. The third-order valence-electron chi connectivity index (χ3n) is 10.2. The number of aliphatic hydroxyl groups is 3. The molecule has 6 N–H and O–H groups in total. The van der Waals surface area contributed by atoms with Gasteiger partial charge in [0.15, 0.2) is 11.4 Å². The number of amides is 1. The number of nitrogens with zero attached hydrogens (tertiary/aromatic N) is 2. The maximum Gasteiger partial charge on any atom is 0.417 e. The van der Waals surface area contributed by atoms with Crippen LogP contribution in [-0.2, 0) is 33.5 Å². The van der Waals surface area contributed by atoms with Crippen LogP contribution in [0.25, 0.3) is 5.76 Å². The van der Waals surface area contributed by atoms with Gasteiger partial charge in [-0.15, -0.1) is 0 Å². The van der Waals surface area contributed by atoms with Crippen LogP contribution in [0.5, 0.6) is 5.75 Å². The van der Waals surface area contributed by atoms with Crippen molar-refractivity contribution in [1.82, 2.24) is 9.80 Å². The molecule has 0 unspecified atom stereocenters. The highest BCUT2D eigenvalue weighted by Gasteiger charge is 2.64. The van der Waals surface area contributed by atoms with Gasteiger partial charge in [-0.2, -0.15) is 13.2 Å². The molecule has 0 aromatic heterocycles. The van der Waals surface area contributed by atoms with Crippen molar-refractivity contribution < 1.29 is 48.0 Å². The Morgan fingerprint density at radius 1 is 1.11 bits per heavy atom. The van der Waals surface area contributed by atoms with Crippen LogP contribution in [0.2, 0.25) is 0 Å². The molecule has 2 fully saturated rings. The summed E-state index contributed by atoms with van der Waals surface area (Å²) >= 11 is 0. The molecule has 1 aromatic rings. The zero-order valence-corrected chi connectivity index (χ0v) is 25.6. The maximum atomic E-state index is 14.9. The highest BCUT2D eigenvalue weighted by atomic mass is 19.4. The van der Waals surface area contributed by atoms with Gasteiger partial charge in [0.25, 0.3) is 5.91 Å². The third-order valence-corrected chi connectivity index (χ3v) is 10.2. The van der Waals surface area contributed by atoms with Gasteiger partial charge in [0.2, 0.25) is 5.78 Å². The smallest absolute Gasteiger partial charge is 0.417 e. The van der Waals surface area contributed by atoms with Gasteiger partial charge in [-0.25, -0.2) is 0 Å². The monoisotopic (exact) mass is 635 g/mol. The number of ketones is 2. The topological polar surface area (TPSA) is 165 Å². The van der Waals surface area contributed by atoms with E-state index >= 15 is 0 Å². The second-order valence-electron chi connectivity index (χ2n) is 13.1. The molecule has 5 rings (SSSR count). The van der Waals surface area contributed by atoms with Crippen LogP contribution >= 0.6 is 0 Å². The van der Waals surface area contributed by atoms with E-state index in [1.54, 1.807) is 0 Å². The Balaban J connectivity index is 1.64. The Morgan fingerprint density at radius 3 is 2.31 bits per heavy atom. The van der Waals surface area contributed by atoms with E-state index in [4.69, 9.17) is 5.73 Å². The van der Waals surface area contributed by atoms with Gasteiger partial charge < -0.3 is 26.2 Å². The molecule has 2 saturated carbocycles. The lowest BCUT2D eigenvalue weighted by atomic mass is 9.57. The first-order valence-corrected chi connectivity index (χ1v) is 15.4. The molecule has 4 aliphatic rings. The number of rotatable bonds is 7. The van der Waals surface area contributed by atoms with Crippen LogP contribution < -0.4 is 5.73 Å². The van der Waals surface area contributed by atoms with Crippen molar-refractivity contribution in [2.75, 3.05) is 27.2 Å². The fourth-order valence-corrected chi connectivity index (χ4v) is 8.14. The van der Waals surface area contributed by atoms with Crippen molar-refractivity contribution in [3.05, 3.63) is 45.2 Å². The van der Waals surface area contributed by atoms with E-state index in [0.717, 1.165) is 38.2 Å². The molecule has 1 amide bonds. The van der Waals surface area contributed by atoms with Crippen molar-refractivity contribution in [1.29, 1.82) is 0 Å². The third kappa shape index (κ3) is 5.32. The lowest BCUT2D eigenvalue weighted by Crippen LogP contribution is -2.65. The molecule has 13 heteroatoms. The lowest BCUT2D eigenvalue weighted by Gasteiger charge is -2.50. The number of benzene rings is 1. The molecule has 0 aliphatic heterocycles. The minimum absolute atomic E-state index is 0.0856. The first-order chi connectivity index (χ1) is 21.0. The van der Waals surface area contributed by atoms with Gasteiger partial charge in [0, 0.05) is 24.6 Å². The molecule has 45 heavy (non-hydrogen) atoms. The number of Topliss-reactive ketones (excluding diaryl/α,β-unsaturated/α-hetero) is 2. The largest absolute Gasteiger partial charge is 0.508 e. The van der Waals surface area contributed by atoms with Crippen LogP contribution in [0, 0.1) is 17.8 Å². The second-order valence-corrected chi connectivity index (χ2v) is 13.1. The number of likely N-dealkylation sites (N-methyl/N-ethyl adjacent to an activating group) is 1. The summed E-state index contributed by atoms with van der Waals surface area (Å²) in [5.41, 5.74) is -1.10. The summed E-state index contributed by atoms with van der Waals surface area (Å²) in [5.74, 6) is -8.57. The predicted octanol–water partition coefficient (Wildman–Crippen LogP) is 3.39. The minimum Gasteiger partial charge on any atom is -0.508 e. The zero-order valence-electron chi connectivity index (χ0n) is 25.6. The van der Waals surface area contributed by atoms with Crippen LogP contribution in [0.4, 0.5) is 13.2 Å². The van der Waals surface area contributed by atoms with E-state index in [1.165, 1.54) is 19.0 Å². The Morgan fingerprint density at radius 2 is 1.76 bits per heavy atom. The highest BCUT2D eigenvalue weighted by molar-refractivity contribution is 6.24. The number of carbonyl (C=O) groups excluding carboxylic acids is 3. The number of hydrogen-bond acceptors (Lipinski definition) is 9. The van der Waals surface area contributed by atoms with E-state index in [9.17, 15) is 48.0 Å². The van der Waals surface area contributed by atoms with E-state index in [-0.39, 0.29) is 24.1 Å². The molecule has 4 atom stereocenters. The van der Waals surface area contributed by atoms with Crippen LogP contribution in [0.3, 0.4) is 0 Å². The molecule has 10 nitrogen and oxygen atoms in total. The molecule has 4 aliphatic carbocycles. The van der Waals surface area contributed by atoms with E-state index < -0.39 is 93.1 Å². The second kappa shape index (κ2) is 11.7. The molecule has 0 heterocycles. The molecular weight excluding hydrogens is 595 g/mol. The average Bonchev–Trinajstić information content (AvgIpc) is 2.94. The quantitative estimate of drug-likeness (QED) is 0.283. The van der Waals surface area contributed by atoms with E-state index in [0.29, 0.717) is 19.0 Å². The predicted molar refractivity (Wildman–Crippen MR) is 157 cm³/mol. The van der Waals surface area contributed by atoms with Crippen LogP contribution in [0.15, 0.2) is 23.0 Å². The molecule has 246 valence electrons. The molecule has 0 saturated heterocycles. The Labute approximate surface area is 259 Å². The first kappa shape index (κ1) is 33.0. The normalized spacial score (nSPS) is 27.6. The molecule has 1 aromatic carbocycles. The Kier molecular flexibility index (Phi) is 8.60. The summed E-state index contributed by atoms with van der Waals surface area (Å²) < 4.78 is 44.7. The van der Waals surface area contributed by atoms with Gasteiger partial charge in [0.05, 0.1) is 17.2 Å². The van der Waals surface area contributed by atoms with Crippen molar-refractivity contribution in [2.24, 2.45) is 23.5 Å². The van der Waals surface area contributed by atoms with E-state index in [2.05, 4.69) is 0 Å². The number of phenolic OH excluding ortho intramolecular Hbond substituents is 1. The van der Waals surface area contributed by atoms with Gasteiger partial charge in [-0.05, 0) is 75.4 Å². The van der Waals surface area contributed by atoms with Gasteiger partial charge in [0.1, 0.15) is 22.8 Å². The van der Waals surface area contributed by atoms with Crippen molar-refractivity contribution in [3.8, 4) is 5.75 Å². The number of aromatic hydroxyl groups is 1. The van der Waals surface area contributed by atoms with Crippen molar-refractivity contribution in [2.45, 2.75) is 76.2 Å². The summed E-state index contributed by atoms with van der Waals surface area (Å²) in [5, 5.41) is 45.1. The molecular formula is C32H40F3N3O7. The average molecular weight is 636 g/mol. The standard InChI is InChI=1S/C32H40F3N3O7/c1-4-38(13-15-8-6-5-7-9-15)14-17-12-20(39)22-18(24(17)32(33,34)35)10-16-11-19-25(37(2)3)27(41)23(30(36)44)29(43)31(19,45)28(42)21(16)26(22)40/h12,15-16,19,25,39-40,43,45H,4-11,13-14H2,1-3H3,(H2,36,44)/t16-,19-,25-,31-/m0/s1. The number of halogens is 3. The Bertz CT molecular complexity index is 1500. The van der Waals surface area contributed by atoms with Gasteiger partial charge in [-0.1, -0.05) is 26.2 Å². The molecule has 0 radical (unpaired) electrons. The van der Waals surface area contributed by atoms with Gasteiger partial charge >= 0.3 is 6.18 Å². The summed E-state index contributed by atoms with van der Waals surface area (Å²) in [6.07, 6.45) is -0.286. The Hall–Kier alpha value is -3.42. The van der Waals surface area contributed by atoms with Crippen molar-refractivity contribution >= 4 is 23.2 Å². The number of fused-ring (bicyclic) bond motifs is 3. The summed E-state index contributed by atoms with van der Waals surface area (Å²) in [4.78, 5) is 42.6. The number of nitrogens with two attached hydrogens (primary N) is 1. The van der Waals surface area contributed by atoms with Crippen molar-refractivity contribution in [3.63, 3.8) is 0 Å². The van der Waals surface area contributed by atoms with E-state index in [1.807, 2.05) is 11.8 Å². The lowest BCUT2D eigenvalue weighted by molar-refractivity contribution is -0.153. The van der Waals surface area contributed by atoms with Crippen LogP contribution in [-0.4, -0.2) is 86.5 Å². The molecule has 0 bridgehead atoms. The number of alkyl halides is 3. The maximum absolute atomic E-state index is 14.9. The summed E-state index contributed by atoms with van der Waals surface area (Å²) in [6.45, 7) is 2.88. The first-order valence-electron chi connectivity index (χ1n) is 15.4.